The number of para-hydroxylation sites is 1. The average molecular weight is 598 g/mol. The predicted molar refractivity (Wildman–Crippen MR) is 147 cm³/mol. The van der Waals surface area contributed by atoms with Gasteiger partial charge in [-0.15, -0.1) is 5.10 Å². The normalized spacial score (nSPS) is 11.0. The molecule has 0 radical (unpaired) electrons. The van der Waals surface area contributed by atoms with E-state index < -0.39 is 5.91 Å². The van der Waals surface area contributed by atoms with Crippen LogP contribution >= 0.6 is 39.1 Å². The molecule has 0 saturated heterocycles. The number of hydrogen-bond donors (Lipinski definition) is 3. The van der Waals surface area contributed by atoms with Crippen LogP contribution in [0.3, 0.4) is 0 Å². The van der Waals surface area contributed by atoms with E-state index in [1.165, 1.54) is 0 Å². The molecule has 37 heavy (non-hydrogen) atoms. The highest BCUT2D eigenvalue weighted by Crippen LogP contribution is 2.27. The lowest BCUT2D eigenvalue weighted by Crippen LogP contribution is -2.21. The second-order valence-corrected chi connectivity index (χ2v) is 9.91. The molecule has 0 aliphatic heterocycles. The Morgan fingerprint density at radius 2 is 1.86 bits per heavy atom. The summed E-state index contributed by atoms with van der Waals surface area (Å²) in [5.41, 5.74) is 3.35. The third-order valence-electron chi connectivity index (χ3n) is 5.52. The fourth-order valence-electron chi connectivity index (χ4n) is 3.72. The summed E-state index contributed by atoms with van der Waals surface area (Å²) in [7, 11) is 0. The van der Waals surface area contributed by atoms with Gasteiger partial charge in [0.15, 0.2) is 0 Å². The maximum atomic E-state index is 13.1. The number of hydrogen-bond acceptors (Lipinski definition) is 6. The summed E-state index contributed by atoms with van der Waals surface area (Å²) in [6, 6.07) is 19.8. The highest BCUT2D eigenvalue weighted by Gasteiger charge is 2.15. The van der Waals surface area contributed by atoms with Gasteiger partial charge in [0.2, 0.25) is 5.55 Å². The summed E-state index contributed by atoms with van der Waals surface area (Å²) < 4.78 is 8.01. The minimum atomic E-state index is -0.451. The zero-order valence-electron chi connectivity index (χ0n) is 19.1. The van der Waals surface area contributed by atoms with Crippen LogP contribution in [0.2, 0.25) is 10.0 Å². The van der Waals surface area contributed by atoms with Crippen molar-refractivity contribution in [2.24, 2.45) is 0 Å². The number of fused-ring (bicyclic) bond motifs is 1. The van der Waals surface area contributed by atoms with E-state index in [-0.39, 0.29) is 11.1 Å². The number of rotatable bonds is 7. The first-order valence-corrected chi connectivity index (χ1v) is 12.7. The molecule has 2 heterocycles. The molecule has 0 fully saturated rings. The van der Waals surface area contributed by atoms with Crippen LogP contribution in [0.4, 0.5) is 11.4 Å². The molecular formula is C26H19BrCl2N6O2. The molecule has 186 valence electrons. The minimum absolute atomic E-state index is 0.134. The Kier molecular flexibility index (Phi) is 7.27. The summed E-state index contributed by atoms with van der Waals surface area (Å²) in [5.74, 6) is -0.451. The van der Waals surface area contributed by atoms with Crippen LogP contribution in [0.25, 0.3) is 11.0 Å². The highest BCUT2D eigenvalue weighted by molar-refractivity contribution is 9.10. The fraction of sp³-hybridized carbons (Fsp3) is 0.0769. The van der Waals surface area contributed by atoms with Crippen LogP contribution in [-0.4, -0.2) is 20.9 Å². The van der Waals surface area contributed by atoms with Crippen LogP contribution in [0.15, 0.2) is 81.8 Å². The first-order valence-electron chi connectivity index (χ1n) is 11.1. The smallest absolute Gasteiger partial charge is 0.261 e. The van der Waals surface area contributed by atoms with Gasteiger partial charge in [-0.2, -0.15) is 0 Å². The number of nitrogens with zero attached hydrogens (tertiary/aromatic N) is 3. The van der Waals surface area contributed by atoms with Crippen molar-refractivity contribution in [1.82, 2.24) is 15.0 Å². The second kappa shape index (κ2) is 10.8. The van der Waals surface area contributed by atoms with Gasteiger partial charge in [0.25, 0.3) is 5.91 Å². The SMILES string of the molecule is N=c1oc2ccccc2cc1C(=O)Nc1cc(Br)ccc1NCc1cn(Cc2ccc(Cl)c(Cl)c2)nn1. The lowest BCUT2D eigenvalue weighted by atomic mass is 10.1. The van der Waals surface area contributed by atoms with Crippen LogP contribution in [0, 0.1) is 5.41 Å². The van der Waals surface area contributed by atoms with Crippen molar-refractivity contribution in [3.63, 3.8) is 0 Å². The molecule has 0 bridgehead atoms. The molecule has 3 N–H and O–H groups in total. The van der Waals surface area contributed by atoms with E-state index in [4.69, 9.17) is 33.0 Å². The molecule has 8 nitrogen and oxygen atoms in total. The monoisotopic (exact) mass is 596 g/mol. The highest BCUT2D eigenvalue weighted by atomic mass is 79.9. The van der Waals surface area contributed by atoms with Crippen molar-refractivity contribution in [3.05, 3.63) is 110 Å². The first kappa shape index (κ1) is 25.0. The van der Waals surface area contributed by atoms with Crippen molar-refractivity contribution in [1.29, 1.82) is 5.41 Å². The Hall–Kier alpha value is -3.66. The summed E-state index contributed by atoms with van der Waals surface area (Å²) >= 11 is 15.5. The maximum Gasteiger partial charge on any atom is 0.261 e. The lowest BCUT2D eigenvalue weighted by molar-refractivity contribution is 0.102. The number of benzene rings is 3. The molecule has 0 spiro atoms. The molecule has 5 aromatic rings. The van der Waals surface area contributed by atoms with Crippen LogP contribution in [-0.2, 0) is 13.1 Å². The number of nitrogens with one attached hydrogen (secondary N) is 3. The minimum Gasteiger partial charge on any atom is -0.438 e. The summed E-state index contributed by atoms with van der Waals surface area (Å²) in [6.07, 6.45) is 1.83. The van der Waals surface area contributed by atoms with Gasteiger partial charge in [-0.25, -0.2) is 4.68 Å². The second-order valence-electron chi connectivity index (χ2n) is 8.18. The fourth-order valence-corrected chi connectivity index (χ4v) is 4.40. The first-order chi connectivity index (χ1) is 17.9. The quantitative estimate of drug-likeness (QED) is 0.199. The number of amides is 1. The number of aromatic nitrogens is 3. The van der Waals surface area contributed by atoms with E-state index in [1.807, 2.05) is 42.6 Å². The van der Waals surface area contributed by atoms with Crippen molar-refractivity contribution < 1.29 is 9.21 Å². The van der Waals surface area contributed by atoms with Gasteiger partial charge >= 0.3 is 0 Å². The van der Waals surface area contributed by atoms with E-state index in [0.29, 0.717) is 45.8 Å². The molecule has 0 unspecified atom stereocenters. The Morgan fingerprint density at radius 1 is 1.03 bits per heavy atom. The van der Waals surface area contributed by atoms with Gasteiger partial charge in [-0.3, -0.25) is 10.2 Å². The summed E-state index contributed by atoms with van der Waals surface area (Å²) in [6.45, 7) is 0.872. The standard InChI is InChI=1S/C26H19BrCl2N6O2/c27-17-6-8-22(31-12-18-14-35(34-33-18)13-15-5-7-20(28)21(29)9-15)23(11-17)32-26(36)19-10-16-3-1-2-4-24(16)37-25(19)30/h1-11,14,30-31H,12-13H2,(H,32,36). The van der Waals surface area contributed by atoms with Crippen LogP contribution in [0.5, 0.6) is 0 Å². The van der Waals surface area contributed by atoms with E-state index in [9.17, 15) is 4.79 Å². The van der Waals surface area contributed by atoms with Gasteiger partial charge in [0.05, 0.1) is 40.7 Å². The maximum absolute atomic E-state index is 13.1. The number of carbonyl (C=O) groups is 1. The number of anilines is 2. The van der Waals surface area contributed by atoms with Gasteiger partial charge in [-0.1, -0.05) is 68.6 Å². The largest absolute Gasteiger partial charge is 0.438 e. The lowest BCUT2D eigenvalue weighted by Gasteiger charge is -2.13. The van der Waals surface area contributed by atoms with Gasteiger partial charge < -0.3 is 15.1 Å². The molecule has 2 aromatic heterocycles. The van der Waals surface area contributed by atoms with Gasteiger partial charge in [0.1, 0.15) is 16.8 Å². The molecular weight excluding hydrogens is 579 g/mol. The van der Waals surface area contributed by atoms with Crippen LogP contribution < -0.4 is 16.2 Å². The average Bonchev–Trinajstić information content (AvgIpc) is 3.32. The Labute approximate surface area is 229 Å². The number of halogens is 3. The Balaban J connectivity index is 1.30. The van der Waals surface area contributed by atoms with Crippen molar-refractivity contribution in [2.45, 2.75) is 13.1 Å². The summed E-state index contributed by atoms with van der Waals surface area (Å²) in [4.78, 5) is 13.1. The molecule has 11 heteroatoms. The third-order valence-corrected chi connectivity index (χ3v) is 6.76. The predicted octanol–water partition coefficient (Wildman–Crippen LogP) is 6.49. The van der Waals surface area contributed by atoms with Crippen molar-refractivity contribution >= 4 is 67.4 Å². The number of carbonyl (C=O) groups excluding carboxylic acids is 1. The third kappa shape index (κ3) is 5.85. The van der Waals surface area contributed by atoms with Crippen molar-refractivity contribution in [2.75, 3.05) is 10.6 Å². The van der Waals surface area contributed by atoms with Gasteiger partial charge in [-0.05, 0) is 48.0 Å². The zero-order chi connectivity index (χ0) is 25.9. The molecule has 3 aromatic carbocycles. The van der Waals surface area contributed by atoms with E-state index in [2.05, 4.69) is 36.9 Å². The molecule has 0 aliphatic carbocycles. The topological polar surface area (TPSA) is 109 Å². The molecule has 1 amide bonds. The molecule has 0 atom stereocenters. The Bertz CT molecular complexity index is 1680. The van der Waals surface area contributed by atoms with Crippen molar-refractivity contribution in [3.8, 4) is 0 Å². The van der Waals surface area contributed by atoms with E-state index in [1.54, 1.807) is 35.0 Å². The van der Waals surface area contributed by atoms with E-state index in [0.717, 1.165) is 15.4 Å². The summed E-state index contributed by atoms with van der Waals surface area (Å²) in [5, 5.41) is 24.5. The van der Waals surface area contributed by atoms with Gasteiger partial charge in [0, 0.05) is 9.86 Å². The van der Waals surface area contributed by atoms with Crippen LogP contribution in [0.1, 0.15) is 21.6 Å². The molecule has 5 rings (SSSR count). The van der Waals surface area contributed by atoms with E-state index >= 15 is 0 Å². The molecule has 0 aliphatic rings. The zero-order valence-corrected chi connectivity index (χ0v) is 22.2. The molecule has 0 saturated carbocycles. The Morgan fingerprint density at radius 3 is 2.70 bits per heavy atom.